The average molecular weight is 480 g/mol. The van der Waals surface area contributed by atoms with Gasteiger partial charge in [0, 0.05) is 19.2 Å². The van der Waals surface area contributed by atoms with E-state index in [9.17, 15) is 4.79 Å². The van der Waals surface area contributed by atoms with Crippen molar-refractivity contribution in [3.05, 3.63) is 54.0 Å². The van der Waals surface area contributed by atoms with E-state index in [1.807, 2.05) is 42.6 Å². The number of aromatic nitrogens is 3. The van der Waals surface area contributed by atoms with E-state index in [4.69, 9.17) is 9.47 Å². The lowest BCUT2D eigenvalue weighted by Gasteiger charge is -2.37. The molecule has 0 aliphatic heterocycles. The number of benzene rings is 1. The minimum Gasteiger partial charge on any atom is -0.493 e. The Kier molecular flexibility index (Phi) is 7.78. The van der Waals surface area contributed by atoms with Gasteiger partial charge in [0.05, 0.1) is 20.3 Å². The first-order valence-corrected chi connectivity index (χ1v) is 12.5. The minimum atomic E-state index is -0.158. The maximum Gasteiger partial charge on any atom is 0.315 e. The second-order valence-electron chi connectivity index (χ2n) is 9.95. The van der Waals surface area contributed by atoms with E-state index in [2.05, 4.69) is 39.1 Å². The predicted molar refractivity (Wildman–Crippen MR) is 136 cm³/mol. The molecule has 4 rings (SSSR count). The van der Waals surface area contributed by atoms with Crippen LogP contribution in [0.15, 0.2) is 42.6 Å². The number of hydrogen-bond acceptors (Lipinski definition) is 5. The molecule has 0 spiro atoms. The van der Waals surface area contributed by atoms with Gasteiger partial charge in [-0.1, -0.05) is 45.2 Å². The van der Waals surface area contributed by atoms with E-state index in [0.717, 1.165) is 36.3 Å². The number of urea groups is 1. The number of carbonyl (C=O) groups excluding carboxylic acids is 1. The number of nitrogens with zero attached hydrogens (tertiary/aromatic N) is 3. The number of nitrogens with one attached hydrogen (secondary N) is 2. The highest BCUT2D eigenvalue weighted by Gasteiger charge is 2.34. The monoisotopic (exact) mass is 479 g/mol. The van der Waals surface area contributed by atoms with Crippen LogP contribution in [-0.2, 0) is 6.42 Å². The van der Waals surface area contributed by atoms with Crippen LogP contribution in [0.4, 0.5) is 4.79 Å². The van der Waals surface area contributed by atoms with Crippen LogP contribution < -0.4 is 20.1 Å². The molecule has 0 unspecified atom stereocenters. The Morgan fingerprint density at radius 2 is 1.83 bits per heavy atom. The van der Waals surface area contributed by atoms with Gasteiger partial charge in [0.2, 0.25) is 0 Å². The van der Waals surface area contributed by atoms with Crippen LogP contribution in [0.25, 0.3) is 5.65 Å². The van der Waals surface area contributed by atoms with Crippen molar-refractivity contribution in [3.8, 4) is 11.5 Å². The lowest BCUT2D eigenvalue weighted by atomic mass is 9.71. The fourth-order valence-electron chi connectivity index (χ4n) is 5.21. The summed E-state index contributed by atoms with van der Waals surface area (Å²) in [7, 11) is 3.24. The van der Waals surface area contributed by atoms with Crippen molar-refractivity contribution in [1.82, 2.24) is 25.2 Å². The molecular weight excluding hydrogens is 442 g/mol. The maximum atomic E-state index is 13.1. The van der Waals surface area contributed by atoms with E-state index in [1.54, 1.807) is 14.2 Å². The zero-order valence-corrected chi connectivity index (χ0v) is 21.2. The van der Waals surface area contributed by atoms with Gasteiger partial charge in [-0.3, -0.25) is 4.40 Å². The van der Waals surface area contributed by atoms with Gasteiger partial charge in [0.25, 0.3) is 0 Å². The van der Waals surface area contributed by atoms with Gasteiger partial charge in [0.1, 0.15) is 5.82 Å². The van der Waals surface area contributed by atoms with Crippen LogP contribution in [0, 0.1) is 11.3 Å². The molecule has 1 aliphatic carbocycles. The van der Waals surface area contributed by atoms with Gasteiger partial charge in [-0.2, -0.15) is 0 Å². The first-order chi connectivity index (χ1) is 16.9. The Balaban J connectivity index is 1.46. The SMILES string of the molecule is COc1ccc([C@@H](NC(=O)NCC2(Cc3nnc4ccccn34)CCCCC2)C(C)C)cc1OC. The molecule has 0 saturated heterocycles. The van der Waals surface area contributed by atoms with Crippen LogP contribution in [0.3, 0.4) is 0 Å². The zero-order valence-electron chi connectivity index (χ0n) is 21.2. The molecule has 1 saturated carbocycles. The third kappa shape index (κ3) is 5.69. The summed E-state index contributed by atoms with van der Waals surface area (Å²) in [5, 5.41) is 15.2. The molecule has 8 heteroatoms. The summed E-state index contributed by atoms with van der Waals surface area (Å²) in [6, 6.07) is 11.4. The summed E-state index contributed by atoms with van der Waals surface area (Å²) in [6.45, 7) is 4.80. The molecular formula is C27H37N5O3. The van der Waals surface area contributed by atoms with Crippen LogP contribution in [0.5, 0.6) is 11.5 Å². The van der Waals surface area contributed by atoms with E-state index >= 15 is 0 Å². The van der Waals surface area contributed by atoms with Crippen molar-refractivity contribution in [1.29, 1.82) is 0 Å². The van der Waals surface area contributed by atoms with Gasteiger partial charge in [0.15, 0.2) is 17.1 Å². The topological polar surface area (TPSA) is 89.8 Å². The molecule has 35 heavy (non-hydrogen) atoms. The molecule has 3 aromatic rings. The summed E-state index contributed by atoms with van der Waals surface area (Å²) >= 11 is 0. The molecule has 2 amide bonds. The second-order valence-corrected chi connectivity index (χ2v) is 9.95. The number of hydrogen-bond donors (Lipinski definition) is 2. The van der Waals surface area contributed by atoms with E-state index < -0.39 is 0 Å². The molecule has 2 N–H and O–H groups in total. The fraction of sp³-hybridized carbons (Fsp3) is 0.519. The Labute approximate surface area is 207 Å². The van der Waals surface area contributed by atoms with Crippen LogP contribution in [0.1, 0.15) is 63.4 Å². The van der Waals surface area contributed by atoms with Gasteiger partial charge in [-0.25, -0.2) is 4.79 Å². The summed E-state index contributed by atoms with van der Waals surface area (Å²) < 4.78 is 12.9. The second kappa shape index (κ2) is 11.0. The molecule has 8 nitrogen and oxygen atoms in total. The van der Waals surface area contributed by atoms with Crippen molar-refractivity contribution >= 4 is 11.7 Å². The van der Waals surface area contributed by atoms with Crippen molar-refractivity contribution in [2.45, 2.75) is 58.4 Å². The van der Waals surface area contributed by atoms with E-state index in [0.29, 0.717) is 18.0 Å². The highest BCUT2D eigenvalue weighted by Crippen LogP contribution is 2.39. The Hall–Kier alpha value is -3.29. The zero-order chi connectivity index (χ0) is 24.8. The molecule has 2 aromatic heterocycles. The predicted octanol–water partition coefficient (Wildman–Crippen LogP) is 4.94. The standard InChI is InChI=1S/C27H37N5O3/c1-19(2)25(20-11-12-21(34-3)22(16-20)35-4)29-26(33)28-18-27(13-7-5-8-14-27)17-24-31-30-23-10-6-9-15-32(23)24/h6,9-12,15-16,19,25H,5,7-8,13-14,17-18H2,1-4H3,(H2,28,29,33)/t25-/m0/s1. The molecule has 1 aliphatic rings. The largest absolute Gasteiger partial charge is 0.493 e. The highest BCUT2D eigenvalue weighted by molar-refractivity contribution is 5.74. The van der Waals surface area contributed by atoms with Gasteiger partial charge < -0.3 is 20.1 Å². The third-order valence-electron chi connectivity index (χ3n) is 7.18. The Bertz CT molecular complexity index is 1140. The number of methoxy groups -OCH3 is 2. The van der Waals surface area contributed by atoms with Crippen LogP contribution in [0.2, 0.25) is 0 Å². The van der Waals surface area contributed by atoms with Crippen molar-refractivity contribution in [2.24, 2.45) is 11.3 Å². The third-order valence-corrected chi connectivity index (χ3v) is 7.18. The molecule has 1 atom stereocenters. The Morgan fingerprint density at radius 1 is 1.06 bits per heavy atom. The first kappa shape index (κ1) is 24.8. The van der Waals surface area contributed by atoms with Gasteiger partial charge in [-0.05, 0) is 54.0 Å². The fourth-order valence-corrected chi connectivity index (χ4v) is 5.21. The summed E-state index contributed by atoms with van der Waals surface area (Å²) in [5.41, 5.74) is 1.81. The average Bonchev–Trinajstić information content (AvgIpc) is 3.28. The van der Waals surface area contributed by atoms with Crippen molar-refractivity contribution in [2.75, 3.05) is 20.8 Å². The summed E-state index contributed by atoms with van der Waals surface area (Å²) in [4.78, 5) is 13.1. The number of rotatable bonds is 9. The number of pyridine rings is 1. The number of fused-ring (bicyclic) bond motifs is 1. The quantitative estimate of drug-likeness (QED) is 0.454. The van der Waals surface area contributed by atoms with E-state index in [1.165, 1.54) is 19.3 Å². The molecule has 188 valence electrons. The minimum absolute atomic E-state index is 0.0228. The maximum absolute atomic E-state index is 13.1. The lowest BCUT2D eigenvalue weighted by Crippen LogP contribution is -2.46. The molecule has 1 aromatic carbocycles. The smallest absolute Gasteiger partial charge is 0.315 e. The number of ether oxygens (including phenoxy) is 2. The first-order valence-electron chi connectivity index (χ1n) is 12.5. The van der Waals surface area contributed by atoms with Gasteiger partial charge in [-0.15, -0.1) is 10.2 Å². The number of carbonyl (C=O) groups is 1. The Morgan fingerprint density at radius 3 is 2.54 bits per heavy atom. The molecule has 0 bridgehead atoms. The van der Waals surface area contributed by atoms with Crippen LogP contribution in [-0.4, -0.2) is 41.4 Å². The normalized spacial score (nSPS) is 16.1. The van der Waals surface area contributed by atoms with Gasteiger partial charge >= 0.3 is 6.03 Å². The molecule has 1 fully saturated rings. The highest BCUT2D eigenvalue weighted by atomic mass is 16.5. The van der Waals surface area contributed by atoms with Crippen LogP contribution >= 0.6 is 0 Å². The lowest BCUT2D eigenvalue weighted by molar-refractivity contribution is 0.173. The molecule has 2 heterocycles. The number of amides is 2. The van der Waals surface area contributed by atoms with Crippen molar-refractivity contribution < 1.29 is 14.3 Å². The summed E-state index contributed by atoms with van der Waals surface area (Å²) in [6.07, 6.45) is 8.51. The van der Waals surface area contributed by atoms with Crippen molar-refractivity contribution in [3.63, 3.8) is 0 Å². The summed E-state index contributed by atoms with van der Waals surface area (Å²) in [5.74, 6) is 2.47. The van der Waals surface area contributed by atoms with E-state index in [-0.39, 0.29) is 23.4 Å². The molecule has 0 radical (unpaired) electrons.